The number of likely N-dealkylation sites (tertiary alicyclic amines) is 1. The first-order valence-corrected chi connectivity index (χ1v) is 10.1. The van der Waals surface area contributed by atoms with Gasteiger partial charge in [0.05, 0.1) is 20.0 Å². The van der Waals surface area contributed by atoms with Crippen LogP contribution in [0.5, 0.6) is 0 Å². The fourth-order valence-electron chi connectivity index (χ4n) is 3.25. The molecule has 1 aliphatic rings. The van der Waals surface area contributed by atoms with E-state index in [4.69, 9.17) is 5.73 Å². The van der Waals surface area contributed by atoms with Crippen LogP contribution in [-0.2, 0) is 0 Å². The van der Waals surface area contributed by atoms with E-state index in [-0.39, 0.29) is 17.4 Å². The van der Waals surface area contributed by atoms with Crippen LogP contribution in [0.4, 0.5) is 0 Å². The number of hydrogen-bond donors (Lipinski definition) is 1. The van der Waals surface area contributed by atoms with Crippen LogP contribution in [0.3, 0.4) is 0 Å². The van der Waals surface area contributed by atoms with Crippen molar-refractivity contribution < 1.29 is 4.79 Å². The van der Waals surface area contributed by atoms with Crippen LogP contribution in [0.1, 0.15) is 29.9 Å². The van der Waals surface area contributed by atoms with E-state index >= 15 is 0 Å². The Labute approximate surface area is 155 Å². The zero-order valence-corrected chi connectivity index (χ0v) is 16.0. The van der Waals surface area contributed by atoms with Gasteiger partial charge in [0.25, 0.3) is 5.91 Å². The number of rotatable bonds is 2. The number of carbonyl (C=O) groups excluding carboxylic acids is 1. The van der Waals surface area contributed by atoms with Crippen LogP contribution in [0.2, 0.25) is 0 Å². The minimum absolute atomic E-state index is 0.0406. The lowest BCUT2D eigenvalue weighted by Gasteiger charge is -2.42. The average molecular weight is 372 g/mol. The maximum Gasteiger partial charge on any atom is 0.263 e. The first kappa shape index (κ1) is 16.7. The van der Waals surface area contributed by atoms with Crippen LogP contribution in [-0.4, -0.2) is 34.9 Å². The van der Waals surface area contributed by atoms with Crippen LogP contribution in [0.25, 0.3) is 20.1 Å². The van der Waals surface area contributed by atoms with E-state index in [9.17, 15) is 4.79 Å². The van der Waals surface area contributed by atoms with Crippen molar-refractivity contribution in [3.05, 3.63) is 41.3 Å². The van der Waals surface area contributed by atoms with Crippen LogP contribution < -0.4 is 5.73 Å². The predicted octanol–water partition coefficient (Wildman–Crippen LogP) is 4.22. The Hall–Kier alpha value is -1.76. The first-order chi connectivity index (χ1) is 11.9. The number of thiazole rings is 1. The molecule has 1 atom stereocenters. The van der Waals surface area contributed by atoms with E-state index in [0.29, 0.717) is 6.54 Å². The number of aromatic nitrogens is 1. The van der Waals surface area contributed by atoms with Gasteiger partial charge in [0.2, 0.25) is 0 Å². The molecule has 0 spiro atoms. The predicted molar refractivity (Wildman–Crippen MR) is 105 cm³/mol. The molecule has 3 aromatic rings. The molecule has 1 unspecified atom stereocenters. The molecule has 1 aliphatic heterocycles. The molecule has 130 valence electrons. The van der Waals surface area contributed by atoms with Gasteiger partial charge < -0.3 is 10.6 Å². The standard InChI is InChI=1S/C19H21N3OS2/c1-19(2)11-22(10-9-16(19)20)18(23)15-8-7-14(24-15)17-21-12-5-3-4-6-13(12)25-17/h3-8,16H,9-11,20H2,1-2H3. The van der Waals surface area contributed by atoms with Crippen LogP contribution >= 0.6 is 22.7 Å². The Kier molecular flexibility index (Phi) is 4.14. The summed E-state index contributed by atoms with van der Waals surface area (Å²) in [5, 5.41) is 0.978. The summed E-state index contributed by atoms with van der Waals surface area (Å²) in [6.45, 7) is 5.72. The van der Waals surface area contributed by atoms with Gasteiger partial charge in [-0.05, 0) is 36.1 Å². The van der Waals surface area contributed by atoms with Crippen molar-refractivity contribution in [2.24, 2.45) is 11.1 Å². The fraction of sp³-hybridized carbons (Fsp3) is 0.368. The molecule has 0 bridgehead atoms. The topological polar surface area (TPSA) is 59.2 Å². The molecular formula is C19H21N3OS2. The lowest BCUT2D eigenvalue weighted by atomic mass is 9.79. The first-order valence-electron chi connectivity index (χ1n) is 8.45. The highest BCUT2D eigenvalue weighted by Crippen LogP contribution is 2.35. The molecule has 0 saturated carbocycles. The minimum atomic E-state index is -0.0406. The largest absolute Gasteiger partial charge is 0.337 e. The lowest BCUT2D eigenvalue weighted by molar-refractivity contribution is 0.0537. The summed E-state index contributed by atoms with van der Waals surface area (Å²) < 4.78 is 1.17. The molecule has 1 fully saturated rings. The summed E-state index contributed by atoms with van der Waals surface area (Å²) in [5.74, 6) is 0.109. The van der Waals surface area contributed by atoms with Crippen LogP contribution in [0.15, 0.2) is 36.4 Å². The highest BCUT2D eigenvalue weighted by molar-refractivity contribution is 7.26. The third kappa shape index (κ3) is 3.10. The summed E-state index contributed by atoms with van der Waals surface area (Å²) in [6.07, 6.45) is 0.856. The third-order valence-corrected chi connectivity index (χ3v) is 7.20. The maximum atomic E-state index is 12.9. The number of benzene rings is 1. The number of hydrogen-bond acceptors (Lipinski definition) is 5. The normalized spacial score (nSPS) is 20.1. The van der Waals surface area contributed by atoms with Crippen molar-refractivity contribution in [2.75, 3.05) is 13.1 Å². The number of thiophene rings is 1. The molecule has 2 aromatic heterocycles. The molecule has 25 heavy (non-hydrogen) atoms. The third-order valence-electron chi connectivity index (χ3n) is 4.92. The number of para-hydroxylation sites is 1. The second-order valence-electron chi connectivity index (χ2n) is 7.26. The Morgan fingerprint density at radius 3 is 2.80 bits per heavy atom. The van der Waals surface area contributed by atoms with E-state index < -0.39 is 0 Å². The summed E-state index contributed by atoms with van der Waals surface area (Å²) in [4.78, 5) is 21.4. The second-order valence-corrected chi connectivity index (χ2v) is 9.38. The molecule has 4 rings (SSSR count). The lowest BCUT2D eigenvalue weighted by Crippen LogP contribution is -2.53. The van der Waals surface area contributed by atoms with Crippen molar-refractivity contribution in [1.29, 1.82) is 0 Å². The van der Waals surface area contributed by atoms with Gasteiger partial charge in [0.1, 0.15) is 5.01 Å². The highest BCUT2D eigenvalue weighted by Gasteiger charge is 2.35. The van der Waals surface area contributed by atoms with Gasteiger partial charge in [-0.2, -0.15) is 0 Å². The molecule has 3 heterocycles. The Morgan fingerprint density at radius 2 is 2.04 bits per heavy atom. The molecule has 1 amide bonds. The van der Waals surface area contributed by atoms with Gasteiger partial charge in [-0.15, -0.1) is 22.7 Å². The molecule has 1 aromatic carbocycles. The van der Waals surface area contributed by atoms with Crippen molar-refractivity contribution in [3.8, 4) is 9.88 Å². The molecule has 2 N–H and O–H groups in total. The molecular weight excluding hydrogens is 350 g/mol. The molecule has 1 saturated heterocycles. The van der Waals surface area contributed by atoms with Crippen LogP contribution in [0, 0.1) is 5.41 Å². The minimum Gasteiger partial charge on any atom is -0.337 e. The smallest absolute Gasteiger partial charge is 0.263 e. The molecule has 6 heteroatoms. The number of carbonyl (C=O) groups is 1. The van der Waals surface area contributed by atoms with Gasteiger partial charge in [-0.3, -0.25) is 4.79 Å². The summed E-state index contributed by atoms with van der Waals surface area (Å²) in [7, 11) is 0. The van der Waals surface area contributed by atoms with Crippen molar-refractivity contribution in [3.63, 3.8) is 0 Å². The van der Waals surface area contributed by atoms with Crippen molar-refractivity contribution in [2.45, 2.75) is 26.3 Å². The summed E-state index contributed by atoms with van der Waals surface area (Å²) >= 11 is 3.20. The molecule has 4 nitrogen and oxygen atoms in total. The summed E-state index contributed by atoms with van der Waals surface area (Å²) in [5.41, 5.74) is 7.16. The van der Waals surface area contributed by atoms with Gasteiger partial charge in [0, 0.05) is 19.1 Å². The Balaban J connectivity index is 1.57. The molecule has 0 radical (unpaired) electrons. The molecule has 0 aliphatic carbocycles. The van der Waals surface area contributed by atoms with Crippen molar-refractivity contribution >= 4 is 38.8 Å². The fourth-order valence-corrected chi connectivity index (χ4v) is 5.24. The SMILES string of the molecule is CC1(C)CN(C(=O)c2ccc(-c3nc4ccccc4s3)s2)CCC1N. The number of fused-ring (bicyclic) bond motifs is 1. The van der Waals surface area contributed by atoms with Gasteiger partial charge >= 0.3 is 0 Å². The monoisotopic (exact) mass is 371 g/mol. The zero-order valence-electron chi connectivity index (χ0n) is 14.4. The Bertz CT molecular complexity index is 895. The quantitative estimate of drug-likeness (QED) is 0.733. The second kappa shape index (κ2) is 6.20. The maximum absolute atomic E-state index is 12.9. The van der Waals surface area contributed by atoms with Crippen molar-refractivity contribution in [1.82, 2.24) is 9.88 Å². The van der Waals surface area contributed by atoms with E-state index in [1.54, 1.807) is 11.3 Å². The Morgan fingerprint density at radius 1 is 1.24 bits per heavy atom. The number of nitrogens with two attached hydrogens (primary N) is 1. The van der Waals surface area contributed by atoms with Gasteiger partial charge in [-0.1, -0.05) is 26.0 Å². The zero-order chi connectivity index (χ0) is 17.6. The summed E-state index contributed by atoms with van der Waals surface area (Å²) in [6, 6.07) is 12.2. The number of amides is 1. The number of nitrogens with zero attached hydrogens (tertiary/aromatic N) is 2. The average Bonchev–Trinajstić information content (AvgIpc) is 3.22. The van der Waals surface area contributed by atoms with Gasteiger partial charge in [-0.25, -0.2) is 4.98 Å². The van der Waals surface area contributed by atoms with Gasteiger partial charge in [0.15, 0.2) is 0 Å². The van der Waals surface area contributed by atoms with E-state index in [0.717, 1.165) is 33.2 Å². The van der Waals surface area contributed by atoms with E-state index in [1.807, 2.05) is 35.2 Å². The number of piperidine rings is 1. The van der Waals surface area contributed by atoms with E-state index in [2.05, 4.69) is 24.9 Å². The van der Waals surface area contributed by atoms with E-state index in [1.165, 1.54) is 16.0 Å². The highest BCUT2D eigenvalue weighted by atomic mass is 32.1.